The number of carbonyl (C=O) groups excluding carboxylic acids is 3. The van der Waals surface area contributed by atoms with Crippen molar-refractivity contribution >= 4 is 17.9 Å². The van der Waals surface area contributed by atoms with E-state index in [9.17, 15) is 14.4 Å². The monoisotopic (exact) mass is 897 g/mol. The van der Waals surface area contributed by atoms with Crippen LogP contribution in [0.25, 0.3) is 0 Å². The van der Waals surface area contributed by atoms with Crippen LogP contribution in [-0.4, -0.2) is 37.2 Å². The van der Waals surface area contributed by atoms with Crippen molar-refractivity contribution in [2.45, 2.75) is 290 Å². The van der Waals surface area contributed by atoms with E-state index in [4.69, 9.17) is 14.2 Å². The molecule has 0 rings (SSSR count). The summed E-state index contributed by atoms with van der Waals surface area (Å²) in [6.07, 6.45) is 64.2. The standard InChI is InChI=1S/C58H104O6/c1-4-7-10-13-16-18-20-22-24-25-26-27-28-29-30-31-32-33-35-36-38-40-42-45-48-51-57(60)63-54-55(53-62-56(59)50-47-44-15-12-9-6-3)64-58(61)52-49-46-43-41-39-37-34-23-21-19-17-14-11-8-5-2/h17,19-20,22-23,25-26,34,55H,4-16,18,21,24,27-33,35-54H2,1-3H3/b19-17-,22-20-,26-25-,34-23-. The molecule has 0 spiro atoms. The van der Waals surface area contributed by atoms with E-state index in [1.807, 2.05) is 0 Å². The van der Waals surface area contributed by atoms with E-state index in [1.54, 1.807) is 0 Å². The zero-order valence-electron chi connectivity index (χ0n) is 42.6. The summed E-state index contributed by atoms with van der Waals surface area (Å²) >= 11 is 0. The lowest BCUT2D eigenvalue weighted by atomic mass is 10.0. The maximum Gasteiger partial charge on any atom is 0.306 e. The van der Waals surface area contributed by atoms with E-state index in [0.717, 1.165) is 89.9 Å². The number of esters is 3. The highest BCUT2D eigenvalue weighted by atomic mass is 16.6. The predicted molar refractivity (Wildman–Crippen MR) is 275 cm³/mol. The summed E-state index contributed by atoms with van der Waals surface area (Å²) in [4.78, 5) is 37.8. The van der Waals surface area contributed by atoms with Crippen LogP contribution in [0.15, 0.2) is 48.6 Å². The average molecular weight is 897 g/mol. The molecule has 0 bridgehead atoms. The zero-order valence-corrected chi connectivity index (χ0v) is 42.6. The topological polar surface area (TPSA) is 78.9 Å². The van der Waals surface area contributed by atoms with Gasteiger partial charge in [0.25, 0.3) is 0 Å². The van der Waals surface area contributed by atoms with Crippen molar-refractivity contribution < 1.29 is 28.6 Å². The van der Waals surface area contributed by atoms with Gasteiger partial charge < -0.3 is 14.2 Å². The second-order valence-corrected chi connectivity index (χ2v) is 18.5. The molecule has 0 aromatic carbocycles. The molecular formula is C58H104O6. The number of unbranched alkanes of at least 4 members (excludes halogenated alkanes) is 31. The normalized spacial score (nSPS) is 12.4. The molecule has 6 heteroatoms. The van der Waals surface area contributed by atoms with Crippen LogP contribution in [0.4, 0.5) is 0 Å². The van der Waals surface area contributed by atoms with Gasteiger partial charge in [-0.2, -0.15) is 0 Å². The third-order valence-electron chi connectivity index (χ3n) is 12.1. The molecule has 372 valence electrons. The van der Waals surface area contributed by atoms with Crippen molar-refractivity contribution in [3.8, 4) is 0 Å². The summed E-state index contributed by atoms with van der Waals surface area (Å²) in [5.41, 5.74) is 0. The lowest BCUT2D eigenvalue weighted by molar-refractivity contribution is -0.167. The Kier molecular flexibility index (Phi) is 50.8. The molecule has 0 aromatic rings. The molecule has 0 radical (unpaired) electrons. The van der Waals surface area contributed by atoms with Crippen LogP contribution < -0.4 is 0 Å². The molecule has 0 fully saturated rings. The zero-order chi connectivity index (χ0) is 46.5. The Labute approximate surface area is 397 Å². The highest BCUT2D eigenvalue weighted by Gasteiger charge is 2.19. The quantitative estimate of drug-likeness (QED) is 0.0262. The third kappa shape index (κ3) is 50.4. The molecule has 0 aromatic heterocycles. The van der Waals surface area contributed by atoms with Crippen LogP contribution in [0.1, 0.15) is 284 Å². The van der Waals surface area contributed by atoms with Gasteiger partial charge in [-0.05, 0) is 83.5 Å². The van der Waals surface area contributed by atoms with Gasteiger partial charge in [0.15, 0.2) is 6.10 Å². The number of ether oxygens (including phenoxy) is 3. The minimum atomic E-state index is -0.776. The largest absolute Gasteiger partial charge is 0.462 e. The lowest BCUT2D eigenvalue weighted by Crippen LogP contribution is -2.30. The fourth-order valence-electron chi connectivity index (χ4n) is 7.86. The first-order valence-electron chi connectivity index (χ1n) is 27.6. The van der Waals surface area contributed by atoms with E-state index in [0.29, 0.717) is 19.3 Å². The number of carbonyl (C=O) groups is 3. The van der Waals surface area contributed by atoms with Gasteiger partial charge in [0.05, 0.1) is 0 Å². The molecule has 64 heavy (non-hydrogen) atoms. The van der Waals surface area contributed by atoms with Crippen LogP contribution in [0.2, 0.25) is 0 Å². The second kappa shape index (κ2) is 53.0. The summed E-state index contributed by atoms with van der Waals surface area (Å²) in [5.74, 6) is -0.894. The molecule has 1 atom stereocenters. The average Bonchev–Trinajstić information content (AvgIpc) is 3.29. The number of hydrogen-bond acceptors (Lipinski definition) is 6. The fraction of sp³-hybridized carbons (Fsp3) is 0.810. The highest BCUT2D eigenvalue weighted by molar-refractivity contribution is 5.71. The van der Waals surface area contributed by atoms with Gasteiger partial charge in [-0.25, -0.2) is 0 Å². The molecule has 6 nitrogen and oxygen atoms in total. The van der Waals surface area contributed by atoms with Crippen molar-refractivity contribution in [3.63, 3.8) is 0 Å². The van der Waals surface area contributed by atoms with Crippen LogP contribution in [-0.2, 0) is 28.6 Å². The van der Waals surface area contributed by atoms with Crippen LogP contribution in [0.5, 0.6) is 0 Å². The summed E-state index contributed by atoms with van der Waals surface area (Å²) in [7, 11) is 0. The van der Waals surface area contributed by atoms with E-state index in [2.05, 4.69) is 69.4 Å². The van der Waals surface area contributed by atoms with E-state index in [-0.39, 0.29) is 31.1 Å². The van der Waals surface area contributed by atoms with Gasteiger partial charge in [-0.1, -0.05) is 230 Å². The maximum absolute atomic E-state index is 12.7. The molecule has 0 aliphatic rings. The van der Waals surface area contributed by atoms with Crippen LogP contribution in [0.3, 0.4) is 0 Å². The van der Waals surface area contributed by atoms with Crippen molar-refractivity contribution in [1.29, 1.82) is 0 Å². The Morgan fingerprint density at radius 2 is 0.562 bits per heavy atom. The van der Waals surface area contributed by atoms with Crippen LogP contribution >= 0.6 is 0 Å². The Balaban J connectivity index is 4.11. The van der Waals surface area contributed by atoms with Gasteiger partial charge in [-0.15, -0.1) is 0 Å². The smallest absolute Gasteiger partial charge is 0.306 e. The molecule has 1 unspecified atom stereocenters. The summed E-state index contributed by atoms with van der Waals surface area (Å²) in [5, 5.41) is 0. The fourth-order valence-corrected chi connectivity index (χ4v) is 7.86. The van der Waals surface area contributed by atoms with E-state index < -0.39 is 6.10 Å². The first-order valence-corrected chi connectivity index (χ1v) is 27.6. The number of allylic oxidation sites excluding steroid dienone is 8. The first-order chi connectivity index (χ1) is 31.5. The SMILES string of the molecule is CCCCC/C=C\C/C=C\CCCCCCCC(=O)OC(COC(=O)CCCCCCCC)COC(=O)CCCCCCCCCCCCCCC/C=C\C/C=C\CCCCCCC. The van der Waals surface area contributed by atoms with Crippen molar-refractivity contribution in [2.75, 3.05) is 13.2 Å². The molecule has 0 aliphatic heterocycles. The Hall–Kier alpha value is -2.63. The lowest BCUT2D eigenvalue weighted by Gasteiger charge is -2.18. The van der Waals surface area contributed by atoms with Crippen LogP contribution in [0, 0.1) is 0 Å². The molecule has 0 amide bonds. The van der Waals surface area contributed by atoms with Gasteiger partial charge in [0, 0.05) is 19.3 Å². The van der Waals surface area contributed by atoms with Gasteiger partial charge >= 0.3 is 17.9 Å². The molecule has 0 saturated carbocycles. The Bertz CT molecular complexity index is 1120. The summed E-state index contributed by atoms with van der Waals surface area (Å²) in [6, 6.07) is 0. The maximum atomic E-state index is 12.7. The minimum Gasteiger partial charge on any atom is -0.462 e. The molecule has 0 N–H and O–H groups in total. The Morgan fingerprint density at radius 3 is 0.891 bits per heavy atom. The number of hydrogen-bond donors (Lipinski definition) is 0. The minimum absolute atomic E-state index is 0.0776. The predicted octanol–water partition coefficient (Wildman–Crippen LogP) is 18.3. The summed E-state index contributed by atoms with van der Waals surface area (Å²) < 4.78 is 16.7. The summed E-state index contributed by atoms with van der Waals surface area (Å²) in [6.45, 7) is 6.55. The van der Waals surface area contributed by atoms with Crippen molar-refractivity contribution in [1.82, 2.24) is 0 Å². The number of rotatable bonds is 50. The first kappa shape index (κ1) is 61.4. The van der Waals surface area contributed by atoms with Crippen molar-refractivity contribution in [3.05, 3.63) is 48.6 Å². The van der Waals surface area contributed by atoms with E-state index in [1.165, 1.54) is 154 Å². The molecule has 0 saturated heterocycles. The molecular weight excluding hydrogens is 793 g/mol. The molecule has 0 aliphatic carbocycles. The Morgan fingerprint density at radius 1 is 0.312 bits per heavy atom. The molecule has 0 heterocycles. The van der Waals surface area contributed by atoms with Crippen molar-refractivity contribution in [2.24, 2.45) is 0 Å². The highest BCUT2D eigenvalue weighted by Crippen LogP contribution is 2.15. The van der Waals surface area contributed by atoms with Gasteiger partial charge in [-0.3, -0.25) is 14.4 Å². The second-order valence-electron chi connectivity index (χ2n) is 18.5. The van der Waals surface area contributed by atoms with Gasteiger partial charge in [0.2, 0.25) is 0 Å². The van der Waals surface area contributed by atoms with E-state index >= 15 is 0 Å². The van der Waals surface area contributed by atoms with Gasteiger partial charge in [0.1, 0.15) is 13.2 Å². The third-order valence-corrected chi connectivity index (χ3v) is 12.1.